The standard InChI is InChI=1S/C24H23ClN2O/c1-18-7-12-22(25)17-23(18)26-13-15-27(16-14-26)24(28)21-10-8-20(9-11-21)19-5-3-2-4-6-19/h2-12,17H,13-16H2,1H3. The quantitative estimate of drug-likeness (QED) is 0.607. The molecule has 3 aromatic rings. The first-order chi connectivity index (χ1) is 13.6. The lowest BCUT2D eigenvalue weighted by Crippen LogP contribution is -2.49. The van der Waals surface area contributed by atoms with Crippen LogP contribution in [0.2, 0.25) is 5.02 Å². The lowest BCUT2D eigenvalue weighted by molar-refractivity contribution is 0.0747. The highest BCUT2D eigenvalue weighted by Gasteiger charge is 2.23. The first-order valence-electron chi connectivity index (χ1n) is 9.58. The first-order valence-corrected chi connectivity index (χ1v) is 9.95. The van der Waals surface area contributed by atoms with E-state index in [1.54, 1.807) is 0 Å². The van der Waals surface area contributed by atoms with Crippen molar-refractivity contribution in [2.45, 2.75) is 6.92 Å². The zero-order valence-electron chi connectivity index (χ0n) is 15.9. The minimum absolute atomic E-state index is 0.0991. The monoisotopic (exact) mass is 390 g/mol. The smallest absolute Gasteiger partial charge is 0.253 e. The molecule has 1 amide bonds. The Hall–Kier alpha value is -2.78. The first kappa shape index (κ1) is 18.6. The highest BCUT2D eigenvalue weighted by atomic mass is 35.5. The Morgan fingerprint density at radius 1 is 0.821 bits per heavy atom. The molecule has 142 valence electrons. The minimum atomic E-state index is 0.0991. The summed E-state index contributed by atoms with van der Waals surface area (Å²) in [5.41, 5.74) is 5.39. The molecule has 4 heteroatoms. The number of halogens is 1. The van der Waals surface area contributed by atoms with Crippen molar-refractivity contribution >= 4 is 23.2 Å². The average Bonchev–Trinajstić information content (AvgIpc) is 2.76. The number of piperazine rings is 1. The molecular formula is C24H23ClN2O. The Bertz CT molecular complexity index is 962. The number of benzene rings is 3. The van der Waals surface area contributed by atoms with E-state index >= 15 is 0 Å². The minimum Gasteiger partial charge on any atom is -0.368 e. The van der Waals surface area contributed by atoms with Gasteiger partial charge in [0.05, 0.1) is 0 Å². The maximum atomic E-state index is 12.9. The van der Waals surface area contributed by atoms with Gasteiger partial charge in [-0.25, -0.2) is 0 Å². The Kier molecular flexibility index (Phi) is 5.36. The predicted octanol–water partition coefficient (Wildman–Crippen LogP) is 5.28. The molecule has 0 radical (unpaired) electrons. The van der Waals surface area contributed by atoms with Gasteiger partial charge in [0, 0.05) is 42.5 Å². The molecule has 0 aromatic heterocycles. The van der Waals surface area contributed by atoms with E-state index in [9.17, 15) is 4.79 Å². The lowest BCUT2D eigenvalue weighted by atomic mass is 10.0. The second kappa shape index (κ2) is 8.07. The van der Waals surface area contributed by atoms with Gasteiger partial charge in [-0.3, -0.25) is 4.79 Å². The molecule has 0 spiro atoms. The summed E-state index contributed by atoms with van der Waals surface area (Å²) in [6.07, 6.45) is 0. The molecule has 28 heavy (non-hydrogen) atoms. The molecule has 0 bridgehead atoms. The molecule has 1 saturated heterocycles. The van der Waals surface area contributed by atoms with Gasteiger partial charge in [-0.15, -0.1) is 0 Å². The molecule has 0 N–H and O–H groups in total. The zero-order valence-corrected chi connectivity index (χ0v) is 16.7. The third-order valence-corrected chi connectivity index (χ3v) is 5.55. The van der Waals surface area contributed by atoms with Gasteiger partial charge in [-0.1, -0.05) is 60.1 Å². The fraction of sp³-hybridized carbons (Fsp3) is 0.208. The number of hydrogen-bond donors (Lipinski definition) is 0. The van der Waals surface area contributed by atoms with Crippen LogP contribution in [0.25, 0.3) is 11.1 Å². The highest BCUT2D eigenvalue weighted by Crippen LogP contribution is 2.26. The van der Waals surface area contributed by atoms with E-state index in [1.807, 2.05) is 65.6 Å². The van der Waals surface area contributed by atoms with Crippen LogP contribution in [0.5, 0.6) is 0 Å². The normalized spacial score (nSPS) is 14.2. The van der Waals surface area contributed by atoms with Gasteiger partial charge in [0.25, 0.3) is 5.91 Å². The largest absolute Gasteiger partial charge is 0.368 e. The summed E-state index contributed by atoms with van der Waals surface area (Å²) < 4.78 is 0. The van der Waals surface area contributed by atoms with E-state index in [1.165, 1.54) is 5.56 Å². The van der Waals surface area contributed by atoms with Crippen LogP contribution in [0.15, 0.2) is 72.8 Å². The summed E-state index contributed by atoms with van der Waals surface area (Å²) in [5.74, 6) is 0.0991. The van der Waals surface area contributed by atoms with Gasteiger partial charge >= 0.3 is 0 Å². The number of nitrogens with zero attached hydrogens (tertiary/aromatic N) is 2. The van der Waals surface area contributed by atoms with Crippen LogP contribution in [0.1, 0.15) is 15.9 Å². The number of amides is 1. The second-order valence-corrected chi connectivity index (χ2v) is 7.59. The Morgan fingerprint density at radius 3 is 2.14 bits per heavy atom. The summed E-state index contributed by atoms with van der Waals surface area (Å²) in [6, 6.07) is 24.1. The van der Waals surface area contributed by atoms with Gasteiger partial charge in [-0.2, -0.15) is 0 Å². The van der Waals surface area contributed by atoms with E-state index < -0.39 is 0 Å². The number of anilines is 1. The van der Waals surface area contributed by atoms with Gasteiger partial charge in [0.1, 0.15) is 0 Å². The highest BCUT2D eigenvalue weighted by molar-refractivity contribution is 6.30. The zero-order chi connectivity index (χ0) is 19.5. The summed E-state index contributed by atoms with van der Waals surface area (Å²) in [6.45, 7) is 5.15. The second-order valence-electron chi connectivity index (χ2n) is 7.15. The third-order valence-electron chi connectivity index (χ3n) is 5.32. The summed E-state index contributed by atoms with van der Waals surface area (Å²) in [5, 5.41) is 0.748. The molecule has 1 heterocycles. The van der Waals surface area contributed by atoms with Crippen LogP contribution in [-0.2, 0) is 0 Å². The molecule has 0 saturated carbocycles. The maximum absolute atomic E-state index is 12.9. The molecule has 4 rings (SSSR count). The van der Waals surface area contributed by atoms with Crippen molar-refractivity contribution in [3.8, 4) is 11.1 Å². The van der Waals surface area contributed by atoms with Crippen molar-refractivity contribution in [1.82, 2.24) is 4.90 Å². The molecule has 1 aliphatic rings. The number of carbonyl (C=O) groups excluding carboxylic acids is 1. The van der Waals surface area contributed by atoms with Crippen molar-refractivity contribution in [2.24, 2.45) is 0 Å². The van der Waals surface area contributed by atoms with Crippen LogP contribution >= 0.6 is 11.6 Å². The number of rotatable bonds is 3. The van der Waals surface area contributed by atoms with E-state index in [0.717, 1.165) is 40.5 Å². The van der Waals surface area contributed by atoms with Crippen LogP contribution in [-0.4, -0.2) is 37.0 Å². The SMILES string of the molecule is Cc1ccc(Cl)cc1N1CCN(C(=O)c2ccc(-c3ccccc3)cc2)CC1. The lowest BCUT2D eigenvalue weighted by Gasteiger charge is -2.37. The van der Waals surface area contributed by atoms with Crippen molar-refractivity contribution in [1.29, 1.82) is 0 Å². The van der Waals surface area contributed by atoms with Gasteiger partial charge in [0.15, 0.2) is 0 Å². The molecule has 0 aliphatic carbocycles. The molecular weight excluding hydrogens is 368 g/mol. The van der Waals surface area contributed by atoms with Gasteiger partial charge in [-0.05, 0) is 47.9 Å². The van der Waals surface area contributed by atoms with E-state index in [-0.39, 0.29) is 5.91 Å². The average molecular weight is 391 g/mol. The third kappa shape index (κ3) is 3.90. The topological polar surface area (TPSA) is 23.6 Å². The fourth-order valence-corrected chi connectivity index (χ4v) is 3.86. The Balaban J connectivity index is 1.42. The predicted molar refractivity (Wildman–Crippen MR) is 116 cm³/mol. The molecule has 3 nitrogen and oxygen atoms in total. The van der Waals surface area contributed by atoms with E-state index in [4.69, 9.17) is 11.6 Å². The van der Waals surface area contributed by atoms with Crippen molar-refractivity contribution in [3.63, 3.8) is 0 Å². The summed E-state index contributed by atoms with van der Waals surface area (Å²) in [4.78, 5) is 17.1. The van der Waals surface area contributed by atoms with Crippen molar-refractivity contribution in [3.05, 3.63) is 88.9 Å². The Labute approximate surface area is 171 Å². The maximum Gasteiger partial charge on any atom is 0.253 e. The molecule has 1 fully saturated rings. The molecule has 1 aliphatic heterocycles. The van der Waals surface area contributed by atoms with Crippen LogP contribution in [0, 0.1) is 6.92 Å². The Morgan fingerprint density at radius 2 is 1.46 bits per heavy atom. The molecule has 0 atom stereocenters. The van der Waals surface area contributed by atoms with Crippen LogP contribution in [0.3, 0.4) is 0 Å². The van der Waals surface area contributed by atoms with Gasteiger partial charge < -0.3 is 9.80 Å². The number of carbonyl (C=O) groups is 1. The van der Waals surface area contributed by atoms with Crippen LogP contribution in [0.4, 0.5) is 5.69 Å². The van der Waals surface area contributed by atoms with Crippen LogP contribution < -0.4 is 4.90 Å². The number of aryl methyl sites for hydroxylation is 1. The fourth-order valence-electron chi connectivity index (χ4n) is 3.69. The molecule has 3 aromatic carbocycles. The summed E-state index contributed by atoms with van der Waals surface area (Å²) >= 11 is 6.16. The molecule has 0 unspecified atom stereocenters. The van der Waals surface area contributed by atoms with E-state index in [0.29, 0.717) is 13.1 Å². The van der Waals surface area contributed by atoms with Gasteiger partial charge in [0.2, 0.25) is 0 Å². The van der Waals surface area contributed by atoms with Crippen molar-refractivity contribution in [2.75, 3.05) is 31.1 Å². The van der Waals surface area contributed by atoms with Crippen molar-refractivity contribution < 1.29 is 4.79 Å². The number of hydrogen-bond acceptors (Lipinski definition) is 2. The summed E-state index contributed by atoms with van der Waals surface area (Å²) in [7, 11) is 0. The van der Waals surface area contributed by atoms with E-state index in [2.05, 4.69) is 24.0 Å².